The minimum atomic E-state index is -1.71. The van der Waals surface area contributed by atoms with E-state index in [1.807, 2.05) is 0 Å². The Morgan fingerprint density at radius 2 is 1.91 bits per heavy atom. The highest BCUT2D eigenvalue weighted by Crippen LogP contribution is 2.36. The van der Waals surface area contributed by atoms with Crippen LogP contribution in [0.2, 0.25) is 0 Å². The van der Waals surface area contributed by atoms with Crippen molar-refractivity contribution in [1.82, 2.24) is 0 Å². The maximum atomic E-state index is 12.8. The van der Waals surface area contributed by atoms with Crippen LogP contribution in [-0.4, -0.2) is 119 Å². The predicted octanol–water partition coefficient (Wildman–Crippen LogP) is -0.971. The number of esters is 1. The molecule has 0 aromatic heterocycles. The highest BCUT2D eigenvalue weighted by molar-refractivity contribution is 8.14. The Morgan fingerprint density at radius 3 is 2.60 bits per heavy atom. The van der Waals surface area contributed by atoms with Crippen LogP contribution in [0.3, 0.4) is 0 Å². The number of aliphatic hydroxyl groups is 4. The zero-order valence-corrected chi connectivity index (χ0v) is 20.2. The van der Waals surface area contributed by atoms with Crippen LogP contribution in [0.4, 0.5) is 0 Å². The second kappa shape index (κ2) is 12.3. The Bertz CT molecular complexity index is 898. The van der Waals surface area contributed by atoms with E-state index >= 15 is 0 Å². The molecule has 1 aromatic rings. The number of ether oxygens (including phenoxy) is 5. The topological polar surface area (TPSA) is 177 Å². The Hall–Kier alpha value is -1.97. The fourth-order valence-corrected chi connectivity index (χ4v) is 4.58. The Morgan fingerprint density at radius 1 is 1.17 bits per heavy atom. The van der Waals surface area contributed by atoms with Gasteiger partial charge in [0.2, 0.25) is 6.29 Å². The minimum absolute atomic E-state index is 0.0828. The van der Waals surface area contributed by atoms with Gasteiger partial charge >= 0.3 is 5.97 Å². The standard InChI is InChI=1S/C22H31NO11S/c1-22(21(29)34-20-18(28)17(27)16(26)15(10-24)33-20)11-35-19(23-22)13-4-3-12(9-14(13)25)32-8-7-31-6-5-30-2/h3-4,9,15-18,20,24-28H,5-8,10-11H2,1-2H3/t15?,16-,17-,18?,20-,22-/m1/s1. The molecule has 6 atom stereocenters. The summed E-state index contributed by atoms with van der Waals surface area (Å²) in [6, 6.07) is 4.72. The zero-order valence-electron chi connectivity index (χ0n) is 19.4. The quantitative estimate of drug-likeness (QED) is 0.180. The second-order valence-corrected chi connectivity index (χ2v) is 9.18. The molecule has 3 rings (SSSR count). The first-order valence-electron chi connectivity index (χ1n) is 11.0. The number of benzene rings is 1. The molecule has 5 N–H and O–H groups in total. The van der Waals surface area contributed by atoms with Crippen LogP contribution in [-0.2, 0) is 23.7 Å². The van der Waals surface area contributed by atoms with Crippen molar-refractivity contribution in [3.8, 4) is 11.5 Å². The maximum absolute atomic E-state index is 12.8. The maximum Gasteiger partial charge on any atom is 0.337 e. The number of rotatable bonds is 11. The monoisotopic (exact) mass is 517 g/mol. The third kappa shape index (κ3) is 6.62. The third-order valence-corrected chi connectivity index (χ3v) is 6.77. The Balaban J connectivity index is 1.61. The van der Waals surface area contributed by atoms with Crippen molar-refractivity contribution in [3.63, 3.8) is 0 Å². The second-order valence-electron chi connectivity index (χ2n) is 8.21. The number of carbonyl (C=O) groups is 1. The molecule has 1 fully saturated rings. The molecule has 0 radical (unpaired) electrons. The Kier molecular flexibility index (Phi) is 9.72. The van der Waals surface area contributed by atoms with Gasteiger partial charge in [-0.2, -0.15) is 0 Å². The third-order valence-electron chi connectivity index (χ3n) is 5.48. The number of phenolic OH excluding ortho intramolecular Hbond substituents is 1. The summed E-state index contributed by atoms with van der Waals surface area (Å²) in [4.78, 5) is 17.3. The Labute approximate surface area is 206 Å². The normalized spacial score (nSPS) is 30.7. The molecule has 2 unspecified atom stereocenters. The fourth-order valence-electron chi connectivity index (χ4n) is 3.38. The van der Waals surface area contributed by atoms with Gasteiger partial charge in [-0.25, -0.2) is 4.79 Å². The van der Waals surface area contributed by atoms with Crippen molar-refractivity contribution in [2.24, 2.45) is 4.99 Å². The van der Waals surface area contributed by atoms with Gasteiger partial charge in [0.15, 0.2) is 5.54 Å². The highest BCUT2D eigenvalue weighted by Gasteiger charge is 2.48. The lowest BCUT2D eigenvalue weighted by molar-refractivity contribution is -0.293. The van der Waals surface area contributed by atoms with Gasteiger partial charge in [0.25, 0.3) is 0 Å². The summed E-state index contributed by atoms with van der Waals surface area (Å²) in [6.45, 7) is 2.48. The number of nitrogens with zero attached hydrogens (tertiary/aromatic N) is 1. The minimum Gasteiger partial charge on any atom is -0.507 e. The van der Waals surface area contributed by atoms with E-state index in [-0.39, 0.29) is 11.5 Å². The first-order chi connectivity index (χ1) is 16.7. The van der Waals surface area contributed by atoms with Gasteiger partial charge in [-0.05, 0) is 19.1 Å². The smallest absolute Gasteiger partial charge is 0.337 e. The largest absolute Gasteiger partial charge is 0.507 e. The summed E-state index contributed by atoms with van der Waals surface area (Å²) in [5, 5.41) is 50.0. The van der Waals surface area contributed by atoms with Crippen LogP contribution < -0.4 is 4.74 Å². The molecule has 2 aliphatic heterocycles. The number of aliphatic hydroxyl groups excluding tert-OH is 4. The first-order valence-corrected chi connectivity index (χ1v) is 12.0. The molecule has 0 amide bonds. The van der Waals surface area contributed by atoms with Crippen molar-refractivity contribution in [1.29, 1.82) is 0 Å². The van der Waals surface area contributed by atoms with E-state index in [2.05, 4.69) is 4.99 Å². The first kappa shape index (κ1) is 27.6. The number of hydrogen-bond acceptors (Lipinski definition) is 13. The molecule has 13 heteroatoms. The number of methoxy groups -OCH3 is 1. The number of carbonyl (C=O) groups excluding carboxylic acids is 1. The predicted molar refractivity (Wildman–Crippen MR) is 124 cm³/mol. The van der Waals surface area contributed by atoms with E-state index in [0.29, 0.717) is 42.8 Å². The molecule has 0 bridgehead atoms. The van der Waals surface area contributed by atoms with Gasteiger partial charge in [-0.3, -0.25) is 4.99 Å². The van der Waals surface area contributed by atoms with Gasteiger partial charge in [-0.15, -0.1) is 11.8 Å². The van der Waals surface area contributed by atoms with Crippen LogP contribution >= 0.6 is 11.8 Å². The summed E-state index contributed by atoms with van der Waals surface area (Å²) in [6.07, 6.45) is -7.74. The molecule has 35 heavy (non-hydrogen) atoms. The number of aliphatic imine (C=N–C) groups is 1. The molecule has 12 nitrogen and oxygen atoms in total. The molecule has 196 valence electrons. The van der Waals surface area contributed by atoms with Crippen molar-refractivity contribution in [2.75, 3.05) is 45.9 Å². The SMILES string of the molecule is COCCOCCOc1ccc(C2=N[C@@](C)(C(=O)O[C@H]3OC(CO)[C@@H](O)[C@@H](O)C3O)CS2)c(O)c1. The van der Waals surface area contributed by atoms with Crippen molar-refractivity contribution < 1.29 is 54.0 Å². The molecular weight excluding hydrogens is 486 g/mol. The molecule has 2 aliphatic rings. The lowest BCUT2D eigenvalue weighted by Gasteiger charge is -2.39. The van der Waals surface area contributed by atoms with E-state index < -0.39 is 48.8 Å². The van der Waals surface area contributed by atoms with Crippen LogP contribution in [0.1, 0.15) is 12.5 Å². The van der Waals surface area contributed by atoms with E-state index in [0.717, 1.165) is 0 Å². The fraction of sp³-hybridized carbons (Fsp3) is 0.636. The van der Waals surface area contributed by atoms with E-state index in [4.69, 9.17) is 23.7 Å². The summed E-state index contributed by atoms with van der Waals surface area (Å²) >= 11 is 1.23. The average molecular weight is 518 g/mol. The van der Waals surface area contributed by atoms with Crippen LogP contribution in [0.15, 0.2) is 23.2 Å². The molecule has 0 aliphatic carbocycles. The van der Waals surface area contributed by atoms with Crippen LogP contribution in [0, 0.1) is 0 Å². The lowest BCUT2D eigenvalue weighted by Crippen LogP contribution is -2.60. The number of thioether (sulfide) groups is 1. The molecule has 0 saturated carbocycles. The van der Waals surface area contributed by atoms with Crippen molar-refractivity contribution >= 4 is 22.8 Å². The van der Waals surface area contributed by atoms with Gasteiger partial charge in [0.1, 0.15) is 47.6 Å². The molecular formula is C22H31NO11S. The highest BCUT2D eigenvalue weighted by atomic mass is 32.2. The van der Waals surface area contributed by atoms with Crippen molar-refractivity contribution in [2.45, 2.75) is 43.2 Å². The van der Waals surface area contributed by atoms with Crippen molar-refractivity contribution in [3.05, 3.63) is 23.8 Å². The molecule has 1 saturated heterocycles. The summed E-state index contributed by atoms with van der Waals surface area (Å²) in [5.74, 6) is -0.289. The van der Waals surface area contributed by atoms with E-state index in [1.54, 1.807) is 19.2 Å². The molecule has 1 aromatic carbocycles. The number of hydrogen-bond donors (Lipinski definition) is 5. The summed E-state index contributed by atoms with van der Waals surface area (Å²) < 4.78 is 26.2. The zero-order chi connectivity index (χ0) is 25.6. The average Bonchev–Trinajstić information content (AvgIpc) is 3.24. The summed E-state index contributed by atoms with van der Waals surface area (Å²) in [7, 11) is 1.59. The van der Waals surface area contributed by atoms with E-state index in [9.17, 15) is 30.3 Å². The molecule has 2 heterocycles. The molecule has 0 spiro atoms. The van der Waals surface area contributed by atoms with Crippen LogP contribution in [0.5, 0.6) is 11.5 Å². The van der Waals surface area contributed by atoms with Gasteiger partial charge in [0, 0.05) is 24.5 Å². The number of phenols is 1. The summed E-state index contributed by atoms with van der Waals surface area (Å²) in [5.41, 5.74) is -0.956. The van der Waals surface area contributed by atoms with Gasteiger partial charge in [-0.1, -0.05) is 0 Å². The van der Waals surface area contributed by atoms with E-state index in [1.165, 1.54) is 24.8 Å². The van der Waals surface area contributed by atoms with Crippen LogP contribution in [0.25, 0.3) is 0 Å². The number of aromatic hydroxyl groups is 1. The van der Waals surface area contributed by atoms with Gasteiger partial charge in [0.05, 0.1) is 26.4 Å². The van der Waals surface area contributed by atoms with Gasteiger partial charge < -0.3 is 49.2 Å². The lowest BCUT2D eigenvalue weighted by atomic mass is 9.99.